The Morgan fingerprint density at radius 1 is 0.812 bits per heavy atom. The van der Waals surface area contributed by atoms with Crippen molar-refractivity contribution in [2.45, 2.75) is 49.1 Å². The summed E-state index contributed by atoms with van der Waals surface area (Å²) in [6.07, 6.45) is 1.97. The van der Waals surface area contributed by atoms with Gasteiger partial charge in [0.05, 0.1) is 24.0 Å². The number of rotatable bonds is 9. The molecule has 48 heavy (non-hydrogen) atoms. The van der Waals surface area contributed by atoms with Gasteiger partial charge in [-0.05, 0) is 60.1 Å². The number of methoxy groups -OCH3 is 1. The van der Waals surface area contributed by atoms with Crippen molar-refractivity contribution in [1.82, 2.24) is 15.5 Å². The molecule has 1 aliphatic carbocycles. The highest BCUT2D eigenvalue weighted by Gasteiger charge is 2.49. The fourth-order valence-corrected chi connectivity index (χ4v) is 7.23. The van der Waals surface area contributed by atoms with Crippen molar-refractivity contribution >= 4 is 23.7 Å². The standard InChI is InChI=1S/C39H39N3O6/c1-48-33-19-11-9-17-31(33)35(43)40-28-21-24-42(25-22-28)36(44)30-20-23-39(27-14-6-3-7-15-27,32-18-10-8-16-29(30)32)38(47)41-34(37(45)46)26-12-4-2-5-13-26/h2-19,28,30,34H,20-25H2,1H3,(H,40,43)(H,41,47)(H,45,46)/t30-,34+,39+/m0/s1. The molecule has 3 N–H and O–H groups in total. The van der Waals surface area contributed by atoms with Crippen LogP contribution in [0.3, 0.4) is 0 Å². The summed E-state index contributed by atoms with van der Waals surface area (Å²) in [6.45, 7) is 0.992. The summed E-state index contributed by atoms with van der Waals surface area (Å²) in [5.41, 5.74) is 1.96. The van der Waals surface area contributed by atoms with E-state index in [1.54, 1.807) is 48.5 Å². The second kappa shape index (κ2) is 14.1. The Bertz CT molecular complexity index is 1790. The average Bonchev–Trinajstić information content (AvgIpc) is 3.13. The van der Waals surface area contributed by atoms with E-state index >= 15 is 0 Å². The van der Waals surface area contributed by atoms with E-state index < -0.39 is 29.3 Å². The maximum Gasteiger partial charge on any atom is 0.330 e. The number of hydrogen-bond acceptors (Lipinski definition) is 5. The van der Waals surface area contributed by atoms with Crippen molar-refractivity contribution < 1.29 is 29.0 Å². The molecule has 1 fully saturated rings. The van der Waals surface area contributed by atoms with Crippen LogP contribution in [0.1, 0.15) is 70.3 Å². The Morgan fingerprint density at radius 3 is 2.12 bits per heavy atom. The van der Waals surface area contributed by atoms with Crippen molar-refractivity contribution in [3.63, 3.8) is 0 Å². The second-order valence-corrected chi connectivity index (χ2v) is 12.4. The topological polar surface area (TPSA) is 125 Å². The summed E-state index contributed by atoms with van der Waals surface area (Å²) in [7, 11) is 1.54. The molecule has 0 aromatic heterocycles. The summed E-state index contributed by atoms with van der Waals surface area (Å²) >= 11 is 0. The number of carboxylic acid groups (broad SMARTS) is 1. The van der Waals surface area contributed by atoms with E-state index in [-0.39, 0.29) is 17.9 Å². The van der Waals surface area contributed by atoms with Gasteiger partial charge in [0.1, 0.15) is 5.75 Å². The van der Waals surface area contributed by atoms with Crippen molar-refractivity contribution in [2.24, 2.45) is 0 Å². The van der Waals surface area contributed by atoms with Crippen LogP contribution in [0, 0.1) is 0 Å². The molecule has 246 valence electrons. The van der Waals surface area contributed by atoms with Crippen LogP contribution in [-0.2, 0) is 19.8 Å². The predicted octanol–water partition coefficient (Wildman–Crippen LogP) is 5.22. The lowest BCUT2D eigenvalue weighted by Gasteiger charge is -2.43. The molecule has 0 spiro atoms. The minimum Gasteiger partial charge on any atom is -0.496 e. The van der Waals surface area contributed by atoms with Gasteiger partial charge in [-0.1, -0.05) is 97.1 Å². The molecule has 0 bridgehead atoms. The monoisotopic (exact) mass is 645 g/mol. The van der Waals surface area contributed by atoms with Crippen LogP contribution in [0.5, 0.6) is 5.75 Å². The van der Waals surface area contributed by atoms with E-state index in [1.165, 1.54) is 7.11 Å². The number of nitrogens with one attached hydrogen (secondary N) is 2. The van der Waals surface area contributed by atoms with E-state index in [2.05, 4.69) is 10.6 Å². The van der Waals surface area contributed by atoms with Gasteiger partial charge < -0.3 is 25.4 Å². The van der Waals surface area contributed by atoms with Crippen LogP contribution < -0.4 is 15.4 Å². The second-order valence-electron chi connectivity index (χ2n) is 12.4. The average molecular weight is 646 g/mol. The lowest BCUT2D eigenvalue weighted by molar-refractivity contribution is -0.143. The molecule has 1 aliphatic heterocycles. The van der Waals surface area contributed by atoms with Crippen LogP contribution >= 0.6 is 0 Å². The molecule has 4 aromatic carbocycles. The molecule has 9 heteroatoms. The highest BCUT2D eigenvalue weighted by molar-refractivity contribution is 5.98. The molecule has 2 aliphatic rings. The van der Waals surface area contributed by atoms with Gasteiger partial charge in [0.25, 0.3) is 5.91 Å². The lowest BCUT2D eigenvalue weighted by atomic mass is 9.62. The minimum atomic E-state index is -1.24. The Kier molecular flexibility index (Phi) is 9.57. The van der Waals surface area contributed by atoms with Crippen molar-refractivity contribution in [1.29, 1.82) is 0 Å². The van der Waals surface area contributed by atoms with E-state index in [9.17, 15) is 24.3 Å². The third kappa shape index (κ3) is 6.28. The van der Waals surface area contributed by atoms with Gasteiger partial charge in [0.2, 0.25) is 11.8 Å². The Balaban J connectivity index is 1.23. The van der Waals surface area contributed by atoms with Crippen LogP contribution in [0.15, 0.2) is 109 Å². The van der Waals surface area contributed by atoms with Gasteiger partial charge in [-0.25, -0.2) is 4.79 Å². The van der Waals surface area contributed by atoms with Crippen molar-refractivity contribution in [2.75, 3.05) is 20.2 Å². The zero-order valence-corrected chi connectivity index (χ0v) is 26.8. The Labute approximate surface area is 279 Å². The molecule has 0 unspecified atom stereocenters. The zero-order valence-electron chi connectivity index (χ0n) is 26.8. The highest BCUT2D eigenvalue weighted by atomic mass is 16.5. The third-order valence-corrected chi connectivity index (χ3v) is 9.71. The van der Waals surface area contributed by atoms with E-state index in [4.69, 9.17) is 4.74 Å². The first kappa shape index (κ1) is 32.5. The van der Waals surface area contributed by atoms with Crippen molar-refractivity contribution in [3.8, 4) is 5.75 Å². The zero-order chi connectivity index (χ0) is 33.7. The molecular formula is C39H39N3O6. The normalized spacial score (nSPS) is 19.8. The van der Waals surface area contributed by atoms with Crippen LogP contribution in [0.2, 0.25) is 0 Å². The number of piperidine rings is 1. The van der Waals surface area contributed by atoms with Gasteiger partial charge in [0, 0.05) is 19.1 Å². The van der Waals surface area contributed by atoms with Crippen molar-refractivity contribution in [3.05, 3.63) is 137 Å². The molecule has 3 amide bonds. The Morgan fingerprint density at radius 2 is 1.44 bits per heavy atom. The first-order valence-electron chi connectivity index (χ1n) is 16.3. The van der Waals surface area contributed by atoms with Gasteiger partial charge in [-0.3, -0.25) is 14.4 Å². The third-order valence-electron chi connectivity index (χ3n) is 9.71. The van der Waals surface area contributed by atoms with E-state index in [1.807, 2.05) is 65.6 Å². The molecule has 6 rings (SSSR count). The quantitative estimate of drug-likeness (QED) is 0.229. The molecular weight excluding hydrogens is 606 g/mol. The summed E-state index contributed by atoms with van der Waals surface area (Å²) in [5.74, 6) is -1.74. The first-order valence-corrected chi connectivity index (χ1v) is 16.3. The molecule has 0 saturated carbocycles. The van der Waals surface area contributed by atoms with Gasteiger partial charge in [0.15, 0.2) is 6.04 Å². The number of carboxylic acids is 1. The SMILES string of the molecule is COc1ccccc1C(=O)NC1CCN(C(=O)[C@H]2CC[C@@](C(=O)N[C@@H](C(=O)O)c3ccccc3)(c3ccccc3)c3ccccc32)CC1. The summed E-state index contributed by atoms with van der Waals surface area (Å²) in [4.78, 5) is 55.9. The lowest BCUT2D eigenvalue weighted by Crippen LogP contribution is -2.52. The number of fused-ring (bicyclic) bond motifs is 1. The Hall–Kier alpha value is -5.44. The van der Waals surface area contributed by atoms with Crippen LogP contribution in [-0.4, -0.2) is 59.9 Å². The summed E-state index contributed by atoms with van der Waals surface area (Å²) in [5, 5.41) is 16.1. The number of para-hydroxylation sites is 1. The minimum absolute atomic E-state index is 0.00766. The van der Waals surface area contributed by atoms with E-state index in [0.717, 1.165) is 11.1 Å². The predicted molar refractivity (Wildman–Crippen MR) is 181 cm³/mol. The number of carbonyl (C=O) groups excluding carboxylic acids is 3. The van der Waals surface area contributed by atoms with Gasteiger partial charge >= 0.3 is 5.97 Å². The first-order chi connectivity index (χ1) is 23.3. The fraction of sp³-hybridized carbons (Fsp3) is 0.282. The van der Waals surface area contributed by atoms with Crippen LogP contribution in [0.25, 0.3) is 0 Å². The molecule has 4 aromatic rings. The smallest absolute Gasteiger partial charge is 0.330 e. The summed E-state index contributed by atoms with van der Waals surface area (Å²) in [6, 6.07) is 31.4. The van der Waals surface area contributed by atoms with E-state index in [0.29, 0.717) is 61.2 Å². The fourth-order valence-electron chi connectivity index (χ4n) is 7.23. The number of ether oxygens (including phenoxy) is 1. The number of likely N-dealkylation sites (tertiary alicyclic amines) is 1. The summed E-state index contributed by atoms with van der Waals surface area (Å²) < 4.78 is 5.34. The highest BCUT2D eigenvalue weighted by Crippen LogP contribution is 2.48. The molecule has 1 saturated heterocycles. The van der Waals surface area contributed by atoms with Crippen LogP contribution in [0.4, 0.5) is 0 Å². The molecule has 9 nitrogen and oxygen atoms in total. The number of benzene rings is 4. The molecule has 3 atom stereocenters. The number of nitrogens with zero attached hydrogens (tertiary/aromatic N) is 1. The largest absolute Gasteiger partial charge is 0.496 e. The maximum absolute atomic E-state index is 14.5. The number of amides is 3. The molecule has 1 heterocycles. The number of carbonyl (C=O) groups is 4. The number of hydrogen-bond donors (Lipinski definition) is 3. The van der Waals surface area contributed by atoms with Gasteiger partial charge in [-0.2, -0.15) is 0 Å². The molecule has 0 radical (unpaired) electrons. The maximum atomic E-state index is 14.5. The number of aliphatic carboxylic acids is 1. The van der Waals surface area contributed by atoms with Gasteiger partial charge in [-0.15, -0.1) is 0 Å².